The van der Waals surface area contributed by atoms with Gasteiger partial charge >= 0.3 is 0 Å². The molecule has 2 N–H and O–H groups in total. The molecule has 3 heterocycles. The van der Waals surface area contributed by atoms with Crippen LogP contribution >= 0.6 is 11.3 Å². The van der Waals surface area contributed by atoms with Crippen LogP contribution in [-0.4, -0.2) is 29.3 Å². The van der Waals surface area contributed by atoms with Gasteiger partial charge in [-0.25, -0.2) is 18.4 Å². The summed E-state index contributed by atoms with van der Waals surface area (Å²) in [6.45, 7) is 0. The standard InChI is InChI=1S/C21H17N5O3S2/c27-20(25-21-24-17-8-10-22-12-18(17)30-21)16-11-15(16)13-4-6-14(7-5-13)31(28,29)26-19-3-1-2-9-23-19/h1-10,12,15-16H,11H2,(H,23,26)(H,24,25,27)/t15?,16-/m1/s1. The minimum absolute atomic E-state index is 0.0662. The Labute approximate surface area is 182 Å². The number of fused-ring (bicyclic) bond motifs is 1. The Balaban J connectivity index is 1.24. The molecule has 0 saturated heterocycles. The highest BCUT2D eigenvalue weighted by Crippen LogP contribution is 2.48. The van der Waals surface area contributed by atoms with E-state index in [1.165, 1.54) is 17.5 Å². The number of rotatable bonds is 6. The van der Waals surface area contributed by atoms with Gasteiger partial charge in [-0.1, -0.05) is 29.5 Å². The number of aromatic nitrogens is 3. The Morgan fingerprint density at radius 1 is 1.06 bits per heavy atom. The summed E-state index contributed by atoms with van der Waals surface area (Å²) in [7, 11) is -3.72. The van der Waals surface area contributed by atoms with Gasteiger partial charge in [-0.2, -0.15) is 0 Å². The molecule has 0 radical (unpaired) electrons. The van der Waals surface area contributed by atoms with Gasteiger partial charge in [0.05, 0.1) is 15.1 Å². The molecule has 1 aromatic carbocycles. The molecular formula is C21H17N5O3S2. The van der Waals surface area contributed by atoms with Crippen LogP contribution in [0.25, 0.3) is 10.2 Å². The van der Waals surface area contributed by atoms with Gasteiger partial charge in [-0.15, -0.1) is 0 Å². The summed E-state index contributed by atoms with van der Waals surface area (Å²) in [6, 6.07) is 13.4. The summed E-state index contributed by atoms with van der Waals surface area (Å²) < 4.78 is 28.4. The summed E-state index contributed by atoms with van der Waals surface area (Å²) >= 11 is 1.39. The van der Waals surface area contributed by atoms with E-state index in [-0.39, 0.29) is 28.5 Å². The van der Waals surface area contributed by atoms with Crippen molar-refractivity contribution < 1.29 is 13.2 Å². The fourth-order valence-corrected chi connectivity index (χ4v) is 5.24. The molecule has 156 valence electrons. The Morgan fingerprint density at radius 2 is 1.90 bits per heavy atom. The van der Waals surface area contributed by atoms with E-state index >= 15 is 0 Å². The Kier molecular flexibility index (Phi) is 4.87. The van der Waals surface area contributed by atoms with Crippen LogP contribution in [-0.2, 0) is 14.8 Å². The molecule has 1 amide bonds. The molecule has 1 aliphatic carbocycles. The van der Waals surface area contributed by atoms with E-state index in [0.717, 1.165) is 22.2 Å². The number of thiazole rings is 1. The van der Waals surface area contributed by atoms with E-state index < -0.39 is 10.0 Å². The SMILES string of the molecule is O=C(Nc1nc2ccncc2s1)[C@@H]1CC1c1ccc(S(=O)(=O)Nc2ccccn2)cc1. The van der Waals surface area contributed by atoms with Gasteiger partial charge in [0.15, 0.2) is 5.13 Å². The minimum atomic E-state index is -3.72. The topological polar surface area (TPSA) is 114 Å². The highest BCUT2D eigenvalue weighted by molar-refractivity contribution is 7.92. The first-order chi connectivity index (χ1) is 15.0. The van der Waals surface area contributed by atoms with Crippen LogP contribution in [0.3, 0.4) is 0 Å². The number of amides is 1. The van der Waals surface area contributed by atoms with E-state index in [9.17, 15) is 13.2 Å². The van der Waals surface area contributed by atoms with Gasteiger partial charge in [-0.3, -0.25) is 14.5 Å². The average molecular weight is 452 g/mol. The van der Waals surface area contributed by atoms with Crippen molar-refractivity contribution in [2.24, 2.45) is 5.92 Å². The molecule has 1 fully saturated rings. The van der Waals surface area contributed by atoms with Crippen molar-refractivity contribution in [3.63, 3.8) is 0 Å². The van der Waals surface area contributed by atoms with Crippen LogP contribution in [0.4, 0.5) is 10.9 Å². The van der Waals surface area contributed by atoms with E-state index in [1.807, 2.05) is 0 Å². The van der Waals surface area contributed by atoms with Crippen molar-refractivity contribution in [3.05, 3.63) is 72.7 Å². The Hall–Kier alpha value is -3.37. The summed E-state index contributed by atoms with van der Waals surface area (Å²) in [4.78, 5) is 25.2. The molecule has 0 bridgehead atoms. The van der Waals surface area contributed by atoms with Crippen molar-refractivity contribution in [2.75, 3.05) is 10.0 Å². The van der Waals surface area contributed by atoms with E-state index in [2.05, 4.69) is 25.0 Å². The normalized spacial score (nSPS) is 17.9. The fraction of sp³-hybridized carbons (Fsp3) is 0.143. The van der Waals surface area contributed by atoms with E-state index in [4.69, 9.17) is 0 Å². The van der Waals surface area contributed by atoms with Crippen LogP contribution in [0.5, 0.6) is 0 Å². The third-order valence-corrected chi connectivity index (χ3v) is 7.36. The lowest BCUT2D eigenvalue weighted by Crippen LogP contribution is -2.14. The highest BCUT2D eigenvalue weighted by atomic mass is 32.2. The maximum Gasteiger partial charge on any atom is 0.263 e. The number of carbonyl (C=O) groups is 1. The lowest BCUT2D eigenvalue weighted by molar-refractivity contribution is -0.117. The van der Waals surface area contributed by atoms with Crippen LogP contribution in [0, 0.1) is 5.92 Å². The molecular weight excluding hydrogens is 434 g/mol. The van der Waals surface area contributed by atoms with Gasteiger partial charge in [0.25, 0.3) is 10.0 Å². The zero-order valence-electron chi connectivity index (χ0n) is 16.1. The largest absolute Gasteiger partial charge is 0.302 e. The maximum absolute atomic E-state index is 12.6. The number of nitrogens with zero attached hydrogens (tertiary/aromatic N) is 3. The number of hydrogen-bond acceptors (Lipinski definition) is 7. The monoisotopic (exact) mass is 451 g/mol. The van der Waals surface area contributed by atoms with Crippen LogP contribution in [0.2, 0.25) is 0 Å². The second-order valence-corrected chi connectivity index (χ2v) is 9.90. The van der Waals surface area contributed by atoms with Crippen LogP contribution in [0.15, 0.2) is 72.0 Å². The van der Waals surface area contributed by atoms with Gasteiger partial charge in [0, 0.05) is 24.5 Å². The molecule has 1 saturated carbocycles. The van der Waals surface area contributed by atoms with Gasteiger partial charge in [0.2, 0.25) is 5.91 Å². The number of benzene rings is 1. The highest BCUT2D eigenvalue weighted by Gasteiger charge is 2.44. The second-order valence-electron chi connectivity index (χ2n) is 7.19. The molecule has 4 aromatic rings. The van der Waals surface area contributed by atoms with Gasteiger partial charge in [-0.05, 0) is 48.2 Å². The summed E-state index contributed by atoms with van der Waals surface area (Å²) in [6.07, 6.45) is 5.63. The maximum atomic E-state index is 12.6. The second kappa shape index (κ2) is 7.71. The molecule has 3 aromatic heterocycles. The summed E-state index contributed by atoms with van der Waals surface area (Å²) in [5.41, 5.74) is 1.74. The zero-order chi connectivity index (χ0) is 21.4. The van der Waals surface area contributed by atoms with Crippen molar-refractivity contribution >= 4 is 48.4 Å². The Bertz CT molecular complexity index is 1320. The van der Waals surface area contributed by atoms with Crippen molar-refractivity contribution in [2.45, 2.75) is 17.2 Å². The number of carbonyl (C=O) groups excluding carboxylic acids is 1. The fourth-order valence-electron chi connectivity index (χ4n) is 3.40. The number of hydrogen-bond donors (Lipinski definition) is 2. The third-order valence-electron chi connectivity index (χ3n) is 5.07. The predicted molar refractivity (Wildman–Crippen MR) is 118 cm³/mol. The first-order valence-corrected chi connectivity index (χ1v) is 11.8. The van der Waals surface area contributed by atoms with E-state index in [0.29, 0.717) is 5.13 Å². The number of nitrogens with one attached hydrogen (secondary N) is 2. The lowest BCUT2D eigenvalue weighted by atomic mass is 10.1. The van der Waals surface area contributed by atoms with Crippen molar-refractivity contribution in [1.82, 2.24) is 15.0 Å². The van der Waals surface area contributed by atoms with Gasteiger partial charge < -0.3 is 5.32 Å². The molecule has 0 aliphatic heterocycles. The molecule has 0 spiro atoms. The van der Waals surface area contributed by atoms with Crippen LogP contribution in [0.1, 0.15) is 17.9 Å². The van der Waals surface area contributed by atoms with Gasteiger partial charge in [0.1, 0.15) is 5.82 Å². The average Bonchev–Trinajstić information content (AvgIpc) is 3.47. The first-order valence-electron chi connectivity index (χ1n) is 9.55. The molecule has 1 unspecified atom stereocenters. The smallest absolute Gasteiger partial charge is 0.263 e. The summed E-state index contributed by atoms with van der Waals surface area (Å²) in [5, 5.41) is 3.44. The predicted octanol–water partition coefficient (Wildman–Crippen LogP) is 3.63. The van der Waals surface area contributed by atoms with E-state index in [1.54, 1.807) is 60.9 Å². The number of anilines is 2. The lowest BCUT2D eigenvalue weighted by Gasteiger charge is -2.08. The van der Waals surface area contributed by atoms with Crippen molar-refractivity contribution in [1.29, 1.82) is 0 Å². The third kappa shape index (κ3) is 4.12. The number of pyridine rings is 2. The van der Waals surface area contributed by atoms with Crippen LogP contribution < -0.4 is 10.0 Å². The minimum Gasteiger partial charge on any atom is -0.302 e. The zero-order valence-corrected chi connectivity index (χ0v) is 17.7. The molecule has 8 nitrogen and oxygen atoms in total. The first kappa shape index (κ1) is 19.6. The van der Waals surface area contributed by atoms with Crippen molar-refractivity contribution in [3.8, 4) is 0 Å². The molecule has 2 atom stereocenters. The summed E-state index contributed by atoms with van der Waals surface area (Å²) in [5.74, 6) is 0.0949. The Morgan fingerprint density at radius 3 is 2.65 bits per heavy atom. The number of sulfonamides is 1. The molecule has 31 heavy (non-hydrogen) atoms. The molecule has 5 rings (SSSR count). The quantitative estimate of drug-likeness (QED) is 0.463. The molecule has 10 heteroatoms. The molecule has 1 aliphatic rings.